The molecule has 0 atom stereocenters. The van der Waals surface area contributed by atoms with E-state index in [0.717, 1.165) is 22.7 Å². The molecule has 0 aliphatic carbocycles. The quantitative estimate of drug-likeness (QED) is 0.906. The van der Waals surface area contributed by atoms with Crippen LogP contribution in [-0.4, -0.2) is 10.5 Å². The van der Waals surface area contributed by atoms with Crippen molar-refractivity contribution in [1.29, 1.82) is 0 Å². The number of hydrogen-bond acceptors (Lipinski definition) is 1. The first-order chi connectivity index (χ1) is 8.45. The predicted molar refractivity (Wildman–Crippen MR) is 67.4 cm³/mol. The first kappa shape index (κ1) is 12.8. The lowest BCUT2D eigenvalue weighted by Gasteiger charge is -2.06. The highest BCUT2D eigenvalue weighted by Crippen LogP contribution is 2.17. The van der Waals surface area contributed by atoms with Gasteiger partial charge in [0.2, 0.25) is 0 Å². The van der Waals surface area contributed by atoms with E-state index in [2.05, 4.69) is 21.2 Å². The van der Waals surface area contributed by atoms with Crippen LogP contribution < -0.4 is 5.32 Å². The number of halogens is 3. The van der Waals surface area contributed by atoms with Crippen molar-refractivity contribution in [2.24, 2.45) is 7.05 Å². The van der Waals surface area contributed by atoms with Crippen molar-refractivity contribution >= 4 is 27.5 Å². The SMILES string of the molecule is Cn1cc(Br)cc1C(=O)Nc1cc(F)cc(F)c1. The lowest BCUT2D eigenvalue weighted by atomic mass is 10.3. The van der Waals surface area contributed by atoms with Gasteiger partial charge in [-0.25, -0.2) is 8.78 Å². The average Bonchev–Trinajstić information content (AvgIpc) is 2.56. The summed E-state index contributed by atoms with van der Waals surface area (Å²) in [5, 5.41) is 2.43. The van der Waals surface area contributed by atoms with Gasteiger partial charge in [-0.1, -0.05) is 0 Å². The van der Waals surface area contributed by atoms with E-state index in [1.807, 2.05) is 0 Å². The molecule has 2 rings (SSSR count). The van der Waals surface area contributed by atoms with Gasteiger partial charge < -0.3 is 9.88 Å². The molecule has 0 aliphatic heterocycles. The van der Waals surface area contributed by atoms with Crippen LogP contribution >= 0.6 is 15.9 Å². The molecule has 6 heteroatoms. The average molecular weight is 315 g/mol. The summed E-state index contributed by atoms with van der Waals surface area (Å²) < 4.78 is 28.3. The number of rotatable bonds is 2. The zero-order valence-electron chi connectivity index (χ0n) is 9.38. The third-order valence-corrected chi connectivity index (χ3v) is 2.76. The maximum absolute atomic E-state index is 13.0. The molecule has 1 aromatic carbocycles. The fourth-order valence-corrected chi connectivity index (χ4v) is 2.10. The number of nitrogens with zero attached hydrogens (tertiary/aromatic N) is 1. The van der Waals surface area contributed by atoms with Crippen molar-refractivity contribution in [3.8, 4) is 0 Å². The number of carbonyl (C=O) groups excluding carboxylic acids is 1. The molecule has 94 valence electrons. The molecule has 0 radical (unpaired) electrons. The second-order valence-electron chi connectivity index (χ2n) is 3.77. The highest BCUT2D eigenvalue weighted by atomic mass is 79.9. The van der Waals surface area contributed by atoms with Crippen LogP contribution in [0.5, 0.6) is 0 Å². The Morgan fingerprint density at radius 3 is 2.33 bits per heavy atom. The fraction of sp³-hybridized carbons (Fsp3) is 0.0833. The van der Waals surface area contributed by atoms with E-state index < -0.39 is 17.5 Å². The Morgan fingerprint density at radius 2 is 1.83 bits per heavy atom. The third-order valence-electron chi connectivity index (χ3n) is 2.32. The van der Waals surface area contributed by atoms with E-state index in [9.17, 15) is 13.6 Å². The van der Waals surface area contributed by atoms with Gasteiger partial charge in [0.05, 0.1) is 0 Å². The van der Waals surface area contributed by atoms with Crippen molar-refractivity contribution in [2.45, 2.75) is 0 Å². The first-order valence-electron chi connectivity index (χ1n) is 5.05. The van der Waals surface area contributed by atoms with Crippen molar-refractivity contribution in [2.75, 3.05) is 5.32 Å². The van der Waals surface area contributed by atoms with Crippen LogP contribution in [0.4, 0.5) is 14.5 Å². The number of nitrogens with one attached hydrogen (secondary N) is 1. The zero-order valence-corrected chi connectivity index (χ0v) is 11.0. The summed E-state index contributed by atoms with van der Waals surface area (Å²) in [7, 11) is 1.70. The molecule has 1 heterocycles. The van der Waals surface area contributed by atoms with Gasteiger partial charge in [-0.3, -0.25) is 4.79 Å². The Labute approximate surface area is 111 Å². The van der Waals surface area contributed by atoms with E-state index in [1.54, 1.807) is 23.9 Å². The molecule has 1 N–H and O–H groups in total. The van der Waals surface area contributed by atoms with Crippen LogP contribution in [-0.2, 0) is 7.05 Å². The standard InChI is InChI=1S/C12H9BrF2N2O/c1-17-6-7(13)2-11(17)12(18)16-10-4-8(14)3-9(15)5-10/h2-6H,1H3,(H,16,18). The van der Waals surface area contributed by atoms with Crippen LogP contribution in [0.2, 0.25) is 0 Å². The third kappa shape index (κ3) is 2.76. The van der Waals surface area contributed by atoms with Gasteiger partial charge in [0, 0.05) is 29.5 Å². The molecule has 0 aliphatic rings. The number of hydrogen-bond donors (Lipinski definition) is 1. The van der Waals surface area contributed by atoms with E-state index in [4.69, 9.17) is 0 Å². The Hall–Kier alpha value is -1.69. The number of carbonyl (C=O) groups is 1. The number of benzene rings is 1. The minimum Gasteiger partial charge on any atom is -0.345 e. The molecule has 0 fully saturated rings. The molecular formula is C12H9BrF2N2O. The van der Waals surface area contributed by atoms with Crippen LogP contribution in [0, 0.1) is 11.6 Å². The lowest BCUT2D eigenvalue weighted by Crippen LogP contribution is -2.15. The Morgan fingerprint density at radius 1 is 1.22 bits per heavy atom. The fourth-order valence-electron chi connectivity index (χ4n) is 1.57. The molecule has 0 bridgehead atoms. The normalized spacial score (nSPS) is 10.4. The number of aromatic nitrogens is 1. The highest BCUT2D eigenvalue weighted by molar-refractivity contribution is 9.10. The minimum absolute atomic E-state index is 0.0785. The van der Waals surface area contributed by atoms with E-state index in [0.29, 0.717) is 5.69 Å². The molecule has 2 aromatic rings. The Balaban J connectivity index is 2.23. The van der Waals surface area contributed by atoms with Gasteiger partial charge in [-0.15, -0.1) is 0 Å². The maximum Gasteiger partial charge on any atom is 0.272 e. The number of aryl methyl sites for hydroxylation is 1. The summed E-state index contributed by atoms with van der Waals surface area (Å²) in [6.45, 7) is 0. The lowest BCUT2D eigenvalue weighted by molar-refractivity contribution is 0.101. The van der Waals surface area contributed by atoms with Crippen LogP contribution in [0.3, 0.4) is 0 Å². The predicted octanol–water partition coefficient (Wildman–Crippen LogP) is 3.32. The largest absolute Gasteiger partial charge is 0.345 e. The van der Waals surface area contributed by atoms with Gasteiger partial charge in [-0.05, 0) is 34.1 Å². The Kier molecular flexibility index (Phi) is 3.47. The molecule has 0 spiro atoms. The number of anilines is 1. The van der Waals surface area contributed by atoms with Gasteiger partial charge in [0.15, 0.2) is 0 Å². The van der Waals surface area contributed by atoms with Crippen LogP contribution in [0.25, 0.3) is 0 Å². The summed E-state index contributed by atoms with van der Waals surface area (Å²) >= 11 is 3.24. The van der Waals surface area contributed by atoms with Crippen molar-refractivity contribution < 1.29 is 13.6 Å². The second kappa shape index (κ2) is 4.89. The van der Waals surface area contributed by atoms with Gasteiger partial charge >= 0.3 is 0 Å². The van der Waals surface area contributed by atoms with E-state index in [1.165, 1.54) is 0 Å². The monoisotopic (exact) mass is 314 g/mol. The van der Waals surface area contributed by atoms with Gasteiger partial charge in [0.25, 0.3) is 5.91 Å². The highest BCUT2D eigenvalue weighted by Gasteiger charge is 2.12. The second-order valence-corrected chi connectivity index (χ2v) is 4.68. The number of amides is 1. The molecule has 0 saturated heterocycles. The van der Waals surface area contributed by atoms with Crippen molar-refractivity contribution in [3.05, 3.63) is 52.3 Å². The Bertz CT molecular complexity index is 590. The molecule has 1 aromatic heterocycles. The summed E-state index contributed by atoms with van der Waals surface area (Å²) in [5.41, 5.74) is 0.460. The maximum atomic E-state index is 13.0. The van der Waals surface area contributed by atoms with Gasteiger partial charge in [-0.2, -0.15) is 0 Å². The zero-order chi connectivity index (χ0) is 13.3. The molecule has 3 nitrogen and oxygen atoms in total. The summed E-state index contributed by atoms with van der Waals surface area (Å²) in [5.74, 6) is -1.91. The summed E-state index contributed by atoms with van der Waals surface area (Å²) in [6.07, 6.45) is 1.71. The molecular weight excluding hydrogens is 306 g/mol. The van der Waals surface area contributed by atoms with Crippen molar-refractivity contribution in [1.82, 2.24) is 4.57 Å². The summed E-state index contributed by atoms with van der Waals surface area (Å²) in [6, 6.07) is 4.47. The summed E-state index contributed by atoms with van der Waals surface area (Å²) in [4.78, 5) is 11.9. The topological polar surface area (TPSA) is 34.0 Å². The van der Waals surface area contributed by atoms with Crippen LogP contribution in [0.1, 0.15) is 10.5 Å². The minimum atomic E-state index is -0.738. The molecule has 0 saturated carbocycles. The smallest absolute Gasteiger partial charge is 0.272 e. The van der Waals surface area contributed by atoms with Crippen molar-refractivity contribution in [3.63, 3.8) is 0 Å². The molecule has 0 unspecified atom stereocenters. The molecule has 18 heavy (non-hydrogen) atoms. The van der Waals surface area contributed by atoms with E-state index in [-0.39, 0.29) is 5.69 Å². The van der Waals surface area contributed by atoms with E-state index >= 15 is 0 Å². The molecule has 1 amide bonds. The van der Waals surface area contributed by atoms with Gasteiger partial charge in [0.1, 0.15) is 17.3 Å². The first-order valence-corrected chi connectivity index (χ1v) is 5.84. The van der Waals surface area contributed by atoms with Crippen LogP contribution in [0.15, 0.2) is 34.9 Å².